The minimum absolute atomic E-state index is 0.0667. The third-order valence-electron chi connectivity index (χ3n) is 2.03. The van der Waals surface area contributed by atoms with Crippen molar-refractivity contribution in [2.75, 3.05) is 26.8 Å². The summed E-state index contributed by atoms with van der Waals surface area (Å²) in [7, 11) is 1.59. The molecule has 0 aromatic heterocycles. The van der Waals surface area contributed by atoms with Crippen LogP contribution < -0.4 is 22.1 Å². The number of guanidine groups is 1. The highest BCUT2D eigenvalue weighted by atomic mass is 16.5. The lowest BCUT2D eigenvalue weighted by molar-refractivity contribution is -0.120. The molecule has 0 aromatic carbocycles. The average Bonchev–Trinajstić information content (AvgIpc) is 2.21. The average molecular weight is 231 g/mol. The van der Waals surface area contributed by atoms with E-state index >= 15 is 0 Å². The number of hydrogen-bond donors (Lipinski definition) is 5. The summed E-state index contributed by atoms with van der Waals surface area (Å²) in [5.41, 5.74) is 10.3. The third-order valence-corrected chi connectivity index (χ3v) is 2.03. The molecule has 0 aliphatic carbocycles. The predicted octanol–water partition coefficient (Wildman–Crippen LogP) is -1.66. The van der Waals surface area contributed by atoms with Crippen LogP contribution in [0.2, 0.25) is 0 Å². The highest BCUT2D eigenvalue weighted by molar-refractivity contribution is 5.79. The number of rotatable bonds is 9. The van der Waals surface area contributed by atoms with Gasteiger partial charge >= 0.3 is 0 Å². The van der Waals surface area contributed by atoms with Crippen LogP contribution >= 0.6 is 0 Å². The number of ether oxygens (including phenoxy) is 1. The largest absolute Gasteiger partial charge is 0.383 e. The highest BCUT2D eigenvalue weighted by Gasteiger charge is 2.13. The van der Waals surface area contributed by atoms with Crippen LogP contribution in [0, 0.1) is 5.41 Å². The summed E-state index contributed by atoms with van der Waals surface area (Å²) in [5.74, 6) is -0.443. The molecule has 7 nitrogen and oxygen atoms in total. The molecule has 0 bridgehead atoms. The monoisotopic (exact) mass is 231 g/mol. The first-order chi connectivity index (χ1) is 7.57. The first-order valence-electron chi connectivity index (χ1n) is 5.17. The molecule has 0 saturated carbocycles. The van der Waals surface area contributed by atoms with Gasteiger partial charge in [-0.05, 0) is 12.8 Å². The van der Waals surface area contributed by atoms with Crippen molar-refractivity contribution in [3.8, 4) is 0 Å². The van der Waals surface area contributed by atoms with Crippen molar-refractivity contribution >= 4 is 11.9 Å². The summed E-state index contributed by atoms with van der Waals surface area (Å²) in [4.78, 5) is 11.1. The van der Waals surface area contributed by atoms with Gasteiger partial charge in [-0.3, -0.25) is 10.2 Å². The van der Waals surface area contributed by atoms with Gasteiger partial charge in [-0.25, -0.2) is 0 Å². The molecule has 0 unspecified atom stereocenters. The van der Waals surface area contributed by atoms with Crippen LogP contribution in [0.3, 0.4) is 0 Å². The number of carbonyl (C=O) groups is 1. The Bertz CT molecular complexity index is 222. The van der Waals surface area contributed by atoms with Crippen LogP contribution in [0.15, 0.2) is 0 Å². The van der Waals surface area contributed by atoms with Crippen molar-refractivity contribution in [3.63, 3.8) is 0 Å². The van der Waals surface area contributed by atoms with Crippen LogP contribution in [0.25, 0.3) is 0 Å². The molecule has 0 spiro atoms. The van der Waals surface area contributed by atoms with Crippen molar-refractivity contribution < 1.29 is 9.53 Å². The summed E-state index contributed by atoms with van der Waals surface area (Å²) in [6, 6.07) is -0.357. The van der Waals surface area contributed by atoms with Crippen LogP contribution in [0.4, 0.5) is 0 Å². The maximum absolute atomic E-state index is 11.1. The molecular weight excluding hydrogens is 210 g/mol. The molecule has 0 heterocycles. The summed E-state index contributed by atoms with van der Waals surface area (Å²) >= 11 is 0. The van der Waals surface area contributed by atoms with E-state index in [0.717, 1.165) is 0 Å². The standard InChI is InChI=1S/C9H21N5O2/c1-16-6-5-13-7(8(10)15)3-2-4-14-9(11)12/h7,13H,2-6H2,1H3,(H2,10,15)(H4,11,12,14)/t7-/m0/s1. The fourth-order valence-electron chi connectivity index (χ4n) is 1.21. The zero-order valence-corrected chi connectivity index (χ0v) is 9.58. The lowest BCUT2D eigenvalue weighted by Crippen LogP contribution is -2.43. The van der Waals surface area contributed by atoms with Crippen LogP contribution in [-0.2, 0) is 9.53 Å². The molecule has 0 fully saturated rings. The lowest BCUT2D eigenvalue weighted by atomic mass is 10.1. The molecule has 16 heavy (non-hydrogen) atoms. The van der Waals surface area contributed by atoms with Crippen LogP contribution in [0.5, 0.6) is 0 Å². The first kappa shape index (κ1) is 14.7. The maximum Gasteiger partial charge on any atom is 0.234 e. The number of nitrogens with two attached hydrogens (primary N) is 2. The Morgan fingerprint density at radius 1 is 1.44 bits per heavy atom. The van der Waals surface area contributed by atoms with E-state index in [-0.39, 0.29) is 17.9 Å². The molecule has 0 radical (unpaired) electrons. The number of hydrogen-bond acceptors (Lipinski definition) is 4. The Morgan fingerprint density at radius 2 is 2.12 bits per heavy atom. The van der Waals surface area contributed by atoms with Gasteiger partial charge < -0.3 is 26.8 Å². The van der Waals surface area contributed by atoms with E-state index in [0.29, 0.717) is 32.5 Å². The molecular formula is C9H21N5O2. The molecule has 7 N–H and O–H groups in total. The second kappa shape index (κ2) is 8.93. The number of amides is 1. The van der Waals surface area contributed by atoms with Gasteiger partial charge in [0.1, 0.15) is 0 Å². The zero-order chi connectivity index (χ0) is 12.4. The summed E-state index contributed by atoms with van der Waals surface area (Å²) in [6.45, 7) is 1.69. The predicted molar refractivity (Wildman–Crippen MR) is 62.0 cm³/mol. The van der Waals surface area contributed by atoms with Gasteiger partial charge in [0.2, 0.25) is 5.91 Å². The SMILES string of the molecule is COCCN[C@@H](CCCNC(=N)N)C(N)=O. The van der Waals surface area contributed by atoms with Gasteiger partial charge in [0.25, 0.3) is 0 Å². The van der Waals surface area contributed by atoms with Crippen molar-refractivity contribution in [2.24, 2.45) is 11.5 Å². The summed E-state index contributed by atoms with van der Waals surface area (Å²) < 4.78 is 4.86. The second-order valence-electron chi connectivity index (χ2n) is 3.38. The van der Waals surface area contributed by atoms with Gasteiger partial charge in [0, 0.05) is 20.2 Å². The van der Waals surface area contributed by atoms with E-state index in [9.17, 15) is 4.79 Å². The van der Waals surface area contributed by atoms with Crippen LogP contribution in [0.1, 0.15) is 12.8 Å². The molecule has 1 atom stereocenters. The third kappa shape index (κ3) is 8.01. The normalized spacial score (nSPS) is 12.1. The smallest absolute Gasteiger partial charge is 0.234 e. The Balaban J connectivity index is 3.68. The van der Waals surface area contributed by atoms with Gasteiger partial charge in [0.15, 0.2) is 5.96 Å². The number of nitrogens with one attached hydrogen (secondary N) is 3. The highest BCUT2D eigenvalue weighted by Crippen LogP contribution is 1.95. The van der Waals surface area contributed by atoms with Gasteiger partial charge in [-0.15, -0.1) is 0 Å². The Hall–Kier alpha value is -1.34. The van der Waals surface area contributed by atoms with E-state index in [1.54, 1.807) is 7.11 Å². The molecule has 0 aliphatic rings. The van der Waals surface area contributed by atoms with E-state index in [4.69, 9.17) is 21.6 Å². The van der Waals surface area contributed by atoms with E-state index in [1.165, 1.54) is 0 Å². The Kier molecular flexibility index (Phi) is 8.18. The topological polar surface area (TPSA) is 126 Å². The molecule has 0 rings (SSSR count). The molecule has 0 aliphatic heterocycles. The van der Waals surface area contributed by atoms with Gasteiger partial charge in [0.05, 0.1) is 12.6 Å². The summed E-state index contributed by atoms with van der Waals surface area (Å²) in [5, 5.41) is 12.6. The number of primary amides is 1. The lowest BCUT2D eigenvalue weighted by Gasteiger charge is -2.15. The second-order valence-corrected chi connectivity index (χ2v) is 3.38. The number of carbonyl (C=O) groups excluding carboxylic acids is 1. The van der Waals surface area contributed by atoms with E-state index < -0.39 is 0 Å². The van der Waals surface area contributed by atoms with Crippen molar-refractivity contribution in [1.29, 1.82) is 5.41 Å². The van der Waals surface area contributed by atoms with E-state index in [1.807, 2.05) is 0 Å². The summed E-state index contributed by atoms with van der Waals surface area (Å²) in [6.07, 6.45) is 1.33. The minimum atomic E-state index is -0.376. The maximum atomic E-state index is 11.1. The van der Waals surface area contributed by atoms with Gasteiger partial charge in [-0.2, -0.15) is 0 Å². The molecule has 0 saturated heterocycles. The molecule has 7 heteroatoms. The minimum Gasteiger partial charge on any atom is -0.383 e. The van der Waals surface area contributed by atoms with E-state index in [2.05, 4.69) is 10.6 Å². The Labute approximate surface area is 95.4 Å². The number of methoxy groups -OCH3 is 1. The van der Waals surface area contributed by atoms with Crippen molar-refractivity contribution in [1.82, 2.24) is 10.6 Å². The van der Waals surface area contributed by atoms with Crippen LogP contribution in [-0.4, -0.2) is 44.7 Å². The quantitative estimate of drug-likeness (QED) is 0.184. The molecule has 0 aromatic rings. The zero-order valence-electron chi connectivity index (χ0n) is 9.58. The molecule has 1 amide bonds. The first-order valence-corrected chi connectivity index (χ1v) is 5.17. The van der Waals surface area contributed by atoms with Crippen molar-refractivity contribution in [3.05, 3.63) is 0 Å². The van der Waals surface area contributed by atoms with Gasteiger partial charge in [-0.1, -0.05) is 0 Å². The fraction of sp³-hybridized carbons (Fsp3) is 0.778. The fourth-order valence-corrected chi connectivity index (χ4v) is 1.21. The Morgan fingerprint density at radius 3 is 2.62 bits per heavy atom. The molecule has 94 valence electrons. The van der Waals surface area contributed by atoms with Crippen molar-refractivity contribution in [2.45, 2.75) is 18.9 Å².